The summed E-state index contributed by atoms with van der Waals surface area (Å²) in [5.74, 6) is 0.432. The third-order valence-electron chi connectivity index (χ3n) is 3.68. The zero-order chi connectivity index (χ0) is 16.8. The predicted molar refractivity (Wildman–Crippen MR) is 95.6 cm³/mol. The van der Waals surface area contributed by atoms with E-state index in [9.17, 15) is 4.39 Å². The van der Waals surface area contributed by atoms with E-state index in [-0.39, 0.29) is 12.4 Å². The van der Waals surface area contributed by atoms with E-state index in [1.54, 1.807) is 24.4 Å². The lowest BCUT2D eigenvalue weighted by molar-refractivity contribution is 0.300. The van der Waals surface area contributed by atoms with E-state index in [2.05, 4.69) is 4.99 Å². The van der Waals surface area contributed by atoms with Gasteiger partial charge in [0, 0.05) is 11.8 Å². The van der Waals surface area contributed by atoms with Gasteiger partial charge >= 0.3 is 0 Å². The molecule has 0 fully saturated rings. The molecule has 0 heterocycles. The smallest absolute Gasteiger partial charge is 0.129 e. The molecule has 2 nitrogen and oxygen atoms in total. The summed E-state index contributed by atoms with van der Waals surface area (Å²) in [6.07, 6.45) is 1.80. The SMILES string of the molecule is Cc1ccccc1N=Cc1cccc(OCc2ccccc2F)c1. The summed E-state index contributed by atoms with van der Waals surface area (Å²) in [7, 11) is 0. The number of hydrogen-bond donors (Lipinski definition) is 0. The summed E-state index contributed by atoms with van der Waals surface area (Å²) in [4.78, 5) is 4.51. The molecule has 0 atom stereocenters. The Morgan fingerprint density at radius 3 is 2.58 bits per heavy atom. The van der Waals surface area contributed by atoms with Crippen molar-refractivity contribution in [3.8, 4) is 5.75 Å². The Labute approximate surface area is 141 Å². The maximum absolute atomic E-state index is 13.6. The fourth-order valence-corrected chi connectivity index (χ4v) is 2.31. The topological polar surface area (TPSA) is 21.6 Å². The number of nitrogens with zero attached hydrogens (tertiary/aromatic N) is 1. The first-order chi connectivity index (χ1) is 11.7. The van der Waals surface area contributed by atoms with Gasteiger partial charge in [0.2, 0.25) is 0 Å². The summed E-state index contributed by atoms with van der Waals surface area (Å²) in [5.41, 5.74) is 3.54. The first-order valence-corrected chi connectivity index (χ1v) is 7.78. The lowest BCUT2D eigenvalue weighted by Crippen LogP contribution is -1.98. The number of ether oxygens (including phenoxy) is 1. The van der Waals surface area contributed by atoms with Crippen molar-refractivity contribution in [3.63, 3.8) is 0 Å². The first kappa shape index (κ1) is 15.9. The van der Waals surface area contributed by atoms with Crippen LogP contribution in [0.4, 0.5) is 10.1 Å². The lowest BCUT2D eigenvalue weighted by Gasteiger charge is -2.07. The molecule has 0 aliphatic rings. The average molecular weight is 319 g/mol. The zero-order valence-electron chi connectivity index (χ0n) is 13.4. The fraction of sp³-hybridized carbons (Fsp3) is 0.0952. The number of para-hydroxylation sites is 1. The zero-order valence-corrected chi connectivity index (χ0v) is 13.4. The highest BCUT2D eigenvalue weighted by Crippen LogP contribution is 2.19. The van der Waals surface area contributed by atoms with E-state index in [4.69, 9.17) is 4.74 Å². The van der Waals surface area contributed by atoms with Crippen molar-refractivity contribution in [1.82, 2.24) is 0 Å². The molecule has 0 aliphatic heterocycles. The van der Waals surface area contributed by atoms with E-state index in [0.717, 1.165) is 16.8 Å². The average Bonchev–Trinajstić information content (AvgIpc) is 2.61. The number of aliphatic imine (C=N–C) groups is 1. The van der Waals surface area contributed by atoms with E-state index in [1.807, 2.05) is 55.5 Å². The quantitative estimate of drug-likeness (QED) is 0.572. The molecule has 0 spiro atoms. The van der Waals surface area contributed by atoms with E-state index in [1.165, 1.54) is 6.07 Å². The minimum Gasteiger partial charge on any atom is -0.489 e. The van der Waals surface area contributed by atoms with Crippen molar-refractivity contribution in [3.05, 3.63) is 95.3 Å². The first-order valence-electron chi connectivity index (χ1n) is 7.78. The Kier molecular flexibility index (Phi) is 5.02. The Balaban J connectivity index is 1.70. The number of hydrogen-bond acceptors (Lipinski definition) is 2. The number of halogens is 1. The Morgan fingerprint density at radius 2 is 1.75 bits per heavy atom. The van der Waals surface area contributed by atoms with Crippen molar-refractivity contribution in [2.75, 3.05) is 0 Å². The maximum atomic E-state index is 13.6. The second-order valence-electron chi connectivity index (χ2n) is 5.50. The molecule has 0 aromatic heterocycles. The highest BCUT2D eigenvalue weighted by molar-refractivity contribution is 5.82. The molecule has 0 saturated carbocycles. The minimum atomic E-state index is -0.255. The Morgan fingerprint density at radius 1 is 0.958 bits per heavy atom. The largest absolute Gasteiger partial charge is 0.489 e. The van der Waals surface area contributed by atoms with Crippen LogP contribution in [0.1, 0.15) is 16.7 Å². The van der Waals surface area contributed by atoms with Crippen LogP contribution >= 0.6 is 0 Å². The molecule has 3 heteroatoms. The molecule has 0 bridgehead atoms. The van der Waals surface area contributed by atoms with E-state index >= 15 is 0 Å². The van der Waals surface area contributed by atoms with Crippen molar-refractivity contribution in [2.45, 2.75) is 13.5 Å². The summed E-state index contributed by atoms with van der Waals surface area (Å²) < 4.78 is 19.3. The van der Waals surface area contributed by atoms with Gasteiger partial charge in [-0.25, -0.2) is 4.39 Å². The minimum absolute atomic E-state index is 0.199. The standard InChI is InChI=1S/C21H18FNO/c1-16-7-2-5-12-21(16)23-14-17-8-6-10-19(13-17)24-15-18-9-3-4-11-20(18)22/h2-14H,15H2,1H3. The lowest BCUT2D eigenvalue weighted by atomic mass is 10.2. The van der Waals surface area contributed by atoms with Crippen LogP contribution in [-0.4, -0.2) is 6.21 Å². The van der Waals surface area contributed by atoms with Crippen molar-refractivity contribution in [2.24, 2.45) is 4.99 Å². The number of aryl methyl sites for hydroxylation is 1. The van der Waals surface area contributed by atoms with Crippen LogP contribution in [-0.2, 0) is 6.61 Å². The van der Waals surface area contributed by atoms with Gasteiger partial charge in [-0.2, -0.15) is 0 Å². The van der Waals surface area contributed by atoms with Gasteiger partial charge in [-0.1, -0.05) is 48.5 Å². The van der Waals surface area contributed by atoms with Crippen LogP contribution in [0.5, 0.6) is 5.75 Å². The van der Waals surface area contributed by atoms with E-state index in [0.29, 0.717) is 11.3 Å². The van der Waals surface area contributed by atoms with Crippen LogP contribution in [0.2, 0.25) is 0 Å². The molecule has 24 heavy (non-hydrogen) atoms. The third-order valence-corrected chi connectivity index (χ3v) is 3.68. The molecule has 0 N–H and O–H groups in total. The molecule has 120 valence electrons. The van der Waals surface area contributed by atoms with Gasteiger partial charge in [-0.3, -0.25) is 4.99 Å². The highest BCUT2D eigenvalue weighted by Gasteiger charge is 2.02. The van der Waals surface area contributed by atoms with Gasteiger partial charge in [0.1, 0.15) is 18.2 Å². The summed E-state index contributed by atoms with van der Waals surface area (Å²) in [6.45, 7) is 2.23. The van der Waals surface area contributed by atoms with Crippen molar-refractivity contribution < 1.29 is 9.13 Å². The van der Waals surface area contributed by atoms with Gasteiger partial charge in [0.05, 0.1) is 5.69 Å². The van der Waals surface area contributed by atoms with Gasteiger partial charge < -0.3 is 4.74 Å². The van der Waals surface area contributed by atoms with E-state index < -0.39 is 0 Å². The summed E-state index contributed by atoms with van der Waals surface area (Å²) in [6, 6.07) is 22.2. The van der Waals surface area contributed by atoms with Crippen LogP contribution in [0.25, 0.3) is 0 Å². The molecular formula is C21H18FNO. The second-order valence-corrected chi connectivity index (χ2v) is 5.50. The number of benzene rings is 3. The third kappa shape index (κ3) is 4.07. The summed E-state index contributed by atoms with van der Waals surface area (Å²) in [5, 5.41) is 0. The second kappa shape index (κ2) is 7.55. The predicted octanol–water partition coefficient (Wildman–Crippen LogP) is 5.46. The van der Waals surface area contributed by atoms with Gasteiger partial charge in [0.25, 0.3) is 0 Å². The van der Waals surface area contributed by atoms with Crippen molar-refractivity contribution in [1.29, 1.82) is 0 Å². The molecule has 0 radical (unpaired) electrons. The van der Waals surface area contributed by atoms with Crippen LogP contribution in [0.15, 0.2) is 77.8 Å². The highest BCUT2D eigenvalue weighted by atomic mass is 19.1. The molecule has 0 aliphatic carbocycles. The monoisotopic (exact) mass is 319 g/mol. The molecule has 0 amide bonds. The van der Waals surface area contributed by atoms with Crippen LogP contribution in [0, 0.1) is 12.7 Å². The Hall–Kier alpha value is -2.94. The van der Waals surface area contributed by atoms with Gasteiger partial charge in [0.15, 0.2) is 0 Å². The fourth-order valence-electron chi connectivity index (χ4n) is 2.31. The molecule has 3 aromatic carbocycles. The van der Waals surface area contributed by atoms with Crippen molar-refractivity contribution >= 4 is 11.9 Å². The summed E-state index contributed by atoms with van der Waals surface area (Å²) >= 11 is 0. The Bertz CT molecular complexity index is 858. The molecule has 0 unspecified atom stereocenters. The van der Waals surface area contributed by atoms with Gasteiger partial charge in [-0.05, 0) is 42.3 Å². The normalized spacial score (nSPS) is 10.9. The van der Waals surface area contributed by atoms with Gasteiger partial charge in [-0.15, -0.1) is 0 Å². The molecular weight excluding hydrogens is 301 g/mol. The van der Waals surface area contributed by atoms with Crippen LogP contribution in [0.3, 0.4) is 0 Å². The molecule has 0 saturated heterocycles. The van der Waals surface area contributed by atoms with Crippen LogP contribution < -0.4 is 4.74 Å². The molecule has 3 aromatic rings. The maximum Gasteiger partial charge on any atom is 0.129 e. The number of rotatable bonds is 5. The molecule has 3 rings (SSSR count).